The van der Waals surface area contributed by atoms with E-state index in [0.717, 1.165) is 38.3 Å². The van der Waals surface area contributed by atoms with Crippen molar-refractivity contribution in [2.24, 2.45) is 10.9 Å². The van der Waals surface area contributed by atoms with Gasteiger partial charge in [-0.3, -0.25) is 9.79 Å². The zero-order valence-corrected chi connectivity index (χ0v) is 16.9. The predicted octanol–water partition coefficient (Wildman–Crippen LogP) is 0.865. The number of likely N-dealkylation sites (N-methyl/N-ethyl adjacent to an activating group) is 1. The van der Waals surface area contributed by atoms with E-state index in [1.807, 2.05) is 14.0 Å². The van der Waals surface area contributed by atoms with Crippen LogP contribution in [0.25, 0.3) is 0 Å². The number of hydrogen-bond acceptors (Lipinski definition) is 5. The highest BCUT2D eigenvalue weighted by Gasteiger charge is 2.28. The van der Waals surface area contributed by atoms with Gasteiger partial charge in [-0.1, -0.05) is 0 Å². The number of aliphatic imine (C=N–C) groups is 1. The SMILES string of the molecule is CCOC(=O)C1CCCN(C(=NC)NCCCCN2CCN(C)CC2)C1. The number of piperidine rings is 1. The Kier molecular flexibility index (Phi) is 9.18. The minimum atomic E-state index is -0.0696. The van der Waals surface area contributed by atoms with E-state index in [1.54, 1.807) is 0 Å². The highest BCUT2D eigenvalue weighted by molar-refractivity contribution is 5.81. The number of esters is 1. The molecule has 2 fully saturated rings. The molecule has 0 aromatic heterocycles. The van der Waals surface area contributed by atoms with Gasteiger partial charge in [-0.2, -0.15) is 0 Å². The quantitative estimate of drug-likeness (QED) is 0.312. The van der Waals surface area contributed by atoms with Gasteiger partial charge in [0.1, 0.15) is 0 Å². The second-order valence-corrected chi connectivity index (χ2v) is 7.36. The summed E-state index contributed by atoms with van der Waals surface area (Å²) in [5, 5.41) is 3.47. The molecular formula is C19H37N5O2. The lowest BCUT2D eigenvalue weighted by Gasteiger charge is -2.34. The van der Waals surface area contributed by atoms with E-state index in [9.17, 15) is 4.79 Å². The van der Waals surface area contributed by atoms with Crippen molar-refractivity contribution >= 4 is 11.9 Å². The maximum absolute atomic E-state index is 12.0. The van der Waals surface area contributed by atoms with Crippen molar-refractivity contribution in [2.75, 3.05) is 73.1 Å². The first-order valence-electron chi connectivity index (χ1n) is 10.2. The largest absolute Gasteiger partial charge is 0.466 e. The van der Waals surface area contributed by atoms with E-state index in [2.05, 4.69) is 32.1 Å². The minimum absolute atomic E-state index is 0.0283. The molecule has 7 nitrogen and oxygen atoms in total. The predicted molar refractivity (Wildman–Crippen MR) is 105 cm³/mol. The van der Waals surface area contributed by atoms with Gasteiger partial charge in [-0.05, 0) is 46.2 Å². The lowest BCUT2D eigenvalue weighted by Crippen LogP contribution is -2.48. The van der Waals surface area contributed by atoms with Gasteiger partial charge in [0.05, 0.1) is 12.5 Å². The number of hydrogen-bond donors (Lipinski definition) is 1. The molecule has 0 amide bonds. The van der Waals surface area contributed by atoms with Crippen LogP contribution in [0.2, 0.25) is 0 Å². The fraction of sp³-hybridized carbons (Fsp3) is 0.895. The third kappa shape index (κ3) is 6.76. The normalized spacial score (nSPS) is 23.1. The maximum Gasteiger partial charge on any atom is 0.310 e. The molecule has 0 aliphatic carbocycles. The summed E-state index contributed by atoms with van der Waals surface area (Å²) in [4.78, 5) is 23.6. The first-order valence-corrected chi connectivity index (χ1v) is 10.2. The van der Waals surface area contributed by atoms with Crippen molar-refractivity contribution in [3.8, 4) is 0 Å². The van der Waals surface area contributed by atoms with Crippen molar-refractivity contribution in [3.05, 3.63) is 0 Å². The molecule has 2 rings (SSSR count). The molecule has 0 saturated carbocycles. The molecule has 7 heteroatoms. The zero-order chi connectivity index (χ0) is 18.8. The lowest BCUT2D eigenvalue weighted by molar-refractivity contribution is -0.149. The maximum atomic E-state index is 12.0. The molecule has 26 heavy (non-hydrogen) atoms. The van der Waals surface area contributed by atoms with Crippen molar-refractivity contribution in [2.45, 2.75) is 32.6 Å². The highest BCUT2D eigenvalue weighted by atomic mass is 16.5. The summed E-state index contributed by atoms with van der Waals surface area (Å²) in [5.41, 5.74) is 0. The molecule has 2 saturated heterocycles. The standard InChI is InChI=1S/C19H37N5O2/c1-4-26-18(25)17-8-7-11-24(16-17)19(20-2)21-9-5-6-10-23-14-12-22(3)13-15-23/h17H,4-16H2,1-3H3,(H,20,21). The van der Waals surface area contributed by atoms with Crippen LogP contribution >= 0.6 is 0 Å². The number of guanidine groups is 1. The molecule has 0 bridgehead atoms. The van der Waals surface area contributed by atoms with Gasteiger partial charge >= 0.3 is 5.97 Å². The summed E-state index contributed by atoms with van der Waals surface area (Å²) in [6.45, 7) is 10.8. The van der Waals surface area contributed by atoms with Crippen LogP contribution < -0.4 is 5.32 Å². The molecule has 0 spiro atoms. The number of carbonyl (C=O) groups is 1. The van der Waals surface area contributed by atoms with E-state index in [1.165, 1.54) is 39.1 Å². The van der Waals surface area contributed by atoms with Crippen LogP contribution in [0.5, 0.6) is 0 Å². The summed E-state index contributed by atoms with van der Waals surface area (Å²) < 4.78 is 5.19. The summed E-state index contributed by atoms with van der Waals surface area (Å²) in [7, 11) is 4.01. The van der Waals surface area contributed by atoms with Crippen LogP contribution in [0, 0.1) is 5.92 Å². The molecule has 2 heterocycles. The first-order chi connectivity index (χ1) is 12.6. The van der Waals surface area contributed by atoms with Gasteiger partial charge in [-0.25, -0.2) is 0 Å². The summed E-state index contributed by atoms with van der Waals surface area (Å²) >= 11 is 0. The number of nitrogens with one attached hydrogen (secondary N) is 1. The number of piperazine rings is 1. The van der Waals surface area contributed by atoms with Crippen molar-refractivity contribution in [1.29, 1.82) is 0 Å². The van der Waals surface area contributed by atoms with Crippen LogP contribution in [-0.4, -0.2) is 99.7 Å². The molecule has 0 aromatic rings. The first kappa shape index (κ1) is 21.0. The Labute approximate surface area is 158 Å². The number of nitrogens with zero attached hydrogens (tertiary/aromatic N) is 4. The van der Waals surface area contributed by atoms with Crippen LogP contribution in [0.1, 0.15) is 32.6 Å². The monoisotopic (exact) mass is 367 g/mol. The van der Waals surface area contributed by atoms with Gasteiger partial charge in [0.25, 0.3) is 0 Å². The van der Waals surface area contributed by atoms with E-state index in [0.29, 0.717) is 13.2 Å². The van der Waals surface area contributed by atoms with E-state index in [4.69, 9.17) is 4.74 Å². The van der Waals surface area contributed by atoms with E-state index < -0.39 is 0 Å². The number of rotatable bonds is 7. The van der Waals surface area contributed by atoms with E-state index in [-0.39, 0.29) is 11.9 Å². The molecule has 1 unspecified atom stereocenters. The van der Waals surface area contributed by atoms with Crippen LogP contribution in [-0.2, 0) is 9.53 Å². The average molecular weight is 368 g/mol. The average Bonchev–Trinajstić information content (AvgIpc) is 2.66. The number of carbonyl (C=O) groups excluding carboxylic acids is 1. The summed E-state index contributed by atoms with van der Waals surface area (Å²) in [5.74, 6) is 0.818. The van der Waals surface area contributed by atoms with Gasteiger partial charge in [0, 0.05) is 52.9 Å². The third-order valence-electron chi connectivity index (χ3n) is 5.33. The molecule has 1 N–H and O–H groups in total. The number of unbranched alkanes of at least 4 members (excludes halogenated alkanes) is 1. The Morgan fingerprint density at radius 3 is 2.65 bits per heavy atom. The third-order valence-corrected chi connectivity index (χ3v) is 5.33. The second kappa shape index (κ2) is 11.4. The van der Waals surface area contributed by atoms with Gasteiger partial charge < -0.3 is 24.8 Å². The molecule has 2 aliphatic rings. The fourth-order valence-corrected chi connectivity index (χ4v) is 3.69. The van der Waals surface area contributed by atoms with Crippen LogP contribution in [0.3, 0.4) is 0 Å². The molecule has 0 radical (unpaired) electrons. The number of likely N-dealkylation sites (tertiary alicyclic amines) is 1. The van der Waals surface area contributed by atoms with Crippen molar-refractivity contribution in [3.63, 3.8) is 0 Å². The minimum Gasteiger partial charge on any atom is -0.466 e. The lowest BCUT2D eigenvalue weighted by atomic mass is 9.98. The summed E-state index contributed by atoms with van der Waals surface area (Å²) in [6.07, 6.45) is 4.27. The van der Waals surface area contributed by atoms with Gasteiger partial charge in [0.15, 0.2) is 5.96 Å². The van der Waals surface area contributed by atoms with Crippen molar-refractivity contribution in [1.82, 2.24) is 20.0 Å². The second-order valence-electron chi connectivity index (χ2n) is 7.36. The van der Waals surface area contributed by atoms with Crippen molar-refractivity contribution < 1.29 is 9.53 Å². The van der Waals surface area contributed by atoms with Gasteiger partial charge in [0.2, 0.25) is 0 Å². The Morgan fingerprint density at radius 2 is 1.96 bits per heavy atom. The molecule has 2 aliphatic heterocycles. The topological polar surface area (TPSA) is 60.4 Å². The zero-order valence-electron chi connectivity index (χ0n) is 16.9. The molecule has 150 valence electrons. The highest BCUT2D eigenvalue weighted by Crippen LogP contribution is 2.18. The fourth-order valence-electron chi connectivity index (χ4n) is 3.69. The van der Waals surface area contributed by atoms with Crippen LogP contribution in [0.15, 0.2) is 4.99 Å². The molecular weight excluding hydrogens is 330 g/mol. The molecule has 1 atom stereocenters. The van der Waals surface area contributed by atoms with Gasteiger partial charge in [-0.15, -0.1) is 0 Å². The smallest absolute Gasteiger partial charge is 0.310 e. The van der Waals surface area contributed by atoms with E-state index >= 15 is 0 Å². The Hall–Kier alpha value is -1.34. The Morgan fingerprint density at radius 1 is 1.19 bits per heavy atom. The molecule has 0 aromatic carbocycles. The Bertz CT molecular complexity index is 449. The summed E-state index contributed by atoms with van der Waals surface area (Å²) in [6, 6.07) is 0. The Balaban J connectivity index is 1.64. The van der Waals surface area contributed by atoms with Crippen LogP contribution in [0.4, 0.5) is 0 Å². The number of ether oxygens (including phenoxy) is 1.